The molecule has 1 heterocycles. The number of nitrogens with one attached hydrogen (secondary N) is 2. The van der Waals surface area contributed by atoms with Gasteiger partial charge in [-0.3, -0.25) is 9.59 Å². The number of rotatable bonds is 8. The average Bonchev–Trinajstić information content (AvgIpc) is 2.51. The van der Waals surface area contributed by atoms with Crippen molar-refractivity contribution in [2.24, 2.45) is 0 Å². The summed E-state index contributed by atoms with van der Waals surface area (Å²) in [5, 5.41) is 5.38. The summed E-state index contributed by atoms with van der Waals surface area (Å²) in [4.78, 5) is 36.3. The number of amides is 2. The van der Waals surface area contributed by atoms with Crippen molar-refractivity contribution in [2.75, 3.05) is 7.05 Å². The predicted molar refractivity (Wildman–Crippen MR) is 97.9 cm³/mol. The molecule has 1 atom stereocenters. The summed E-state index contributed by atoms with van der Waals surface area (Å²) < 4.78 is 5.37. The molecule has 2 N–H and O–H groups in total. The molecule has 0 aromatic carbocycles. The zero-order valence-electron chi connectivity index (χ0n) is 16.1. The molecule has 1 aromatic rings. The first-order chi connectivity index (χ1) is 11.6. The minimum absolute atomic E-state index is 0.0282. The maximum atomic E-state index is 12.6. The van der Waals surface area contributed by atoms with E-state index in [1.54, 1.807) is 20.0 Å². The van der Waals surface area contributed by atoms with Crippen molar-refractivity contribution in [1.29, 1.82) is 0 Å². The Hall–Kier alpha value is -2.11. The highest BCUT2D eigenvalue weighted by Gasteiger charge is 2.26. The smallest absolute Gasteiger partial charge is 0.349 e. The van der Waals surface area contributed by atoms with E-state index in [1.165, 1.54) is 0 Å². The van der Waals surface area contributed by atoms with Gasteiger partial charge in [-0.2, -0.15) is 0 Å². The maximum absolute atomic E-state index is 12.6. The molecular formula is C19H30N2O4. The molecule has 140 valence electrons. The van der Waals surface area contributed by atoms with Crippen LogP contribution in [-0.4, -0.2) is 24.4 Å². The minimum atomic E-state index is -0.614. The molecule has 0 aliphatic carbocycles. The Kier molecular flexibility index (Phi) is 7.39. The largest absolute Gasteiger partial charge is 0.427 e. The summed E-state index contributed by atoms with van der Waals surface area (Å²) in [6.07, 6.45) is 2.67. The third-order valence-corrected chi connectivity index (χ3v) is 4.31. The van der Waals surface area contributed by atoms with Crippen LogP contribution in [0.2, 0.25) is 0 Å². The Bertz CT molecular complexity index is 676. The van der Waals surface area contributed by atoms with E-state index in [-0.39, 0.29) is 17.4 Å². The lowest BCUT2D eigenvalue weighted by atomic mass is 9.96. The fourth-order valence-corrected chi connectivity index (χ4v) is 2.71. The predicted octanol–water partition coefficient (Wildman–Crippen LogP) is 2.89. The Morgan fingerprint density at radius 2 is 1.96 bits per heavy atom. The van der Waals surface area contributed by atoms with Gasteiger partial charge >= 0.3 is 5.63 Å². The first-order valence-corrected chi connectivity index (χ1v) is 8.79. The summed E-state index contributed by atoms with van der Waals surface area (Å²) in [5.41, 5.74) is -0.594. The summed E-state index contributed by atoms with van der Waals surface area (Å²) in [7, 11) is 1.57. The second kappa shape index (κ2) is 8.83. The highest BCUT2D eigenvalue weighted by Crippen LogP contribution is 2.21. The number of carbonyl (C=O) groups is 2. The molecule has 2 amide bonds. The van der Waals surface area contributed by atoms with Gasteiger partial charge in [0.15, 0.2) is 0 Å². The van der Waals surface area contributed by atoms with E-state index >= 15 is 0 Å². The van der Waals surface area contributed by atoms with Crippen LogP contribution in [0, 0.1) is 6.92 Å². The lowest BCUT2D eigenvalue weighted by Gasteiger charge is -2.26. The minimum Gasteiger partial charge on any atom is -0.427 e. The van der Waals surface area contributed by atoms with Gasteiger partial charge in [0.2, 0.25) is 5.91 Å². The van der Waals surface area contributed by atoms with E-state index < -0.39 is 17.1 Å². The number of carbonyl (C=O) groups excluding carboxylic acids is 2. The summed E-state index contributed by atoms with van der Waals surface area (Å²) in [6.45, 7) is 9.46. The molecule has 6 heteroatoms. The zero-order chi connectivity index (χ0) is 19.2. The fraction of sp³-hybridized carbons (Fsp3) is 0.632. The Morgan fingerprint density at radius 3 is 2.48 bits per heavy atom. The van der Waals surface area contributed by atoms with Gasteiger partial charge in [0, 0.05) is 24.9 Å². The molecule has 0 saturated carbocycles. The van der Waals surface area contributed by atoms with Gasteiger partial charge in [0.05, 0.1) is 0 Å². The van der Waals surface area contributed by atoms with Crippen LogP contribution in [0.3, 0.4) is 0 Å². The monoisotopic (exact) mass is 350 g/mol. The van der Waals surface area contributed by atoms with E-state index in [4.69, 9.17) is 4.42 Å². The first kappa shape index (κ1) is 20.9. The molecule has 1 unspecified atom stereocenters. The van der Waals surface area contributed by atoms with Gasteiger partial charge in [-0.15, -0.1) is 0 Å². The van der Waals surface area contributed by atoms with Crippen LogP contribution in [0.25, 0.3) is 0 Å². The average molecular weight is 350 g/mol. The Labute approximate surface area is 149 Å². The number of aryl methyl sites for hydroxylation is 1. The van der Waals surface area contributed by atoms with E-state index in [9.17, 15) is 14.4 Å². The van der Waals surface area contributed by atoms with Gasteiger partial charge in [-0.25, -0.2) is 4.79 Å². The second-order valence-electron chi connectivity index (χ2n) is 7.20. The van der Waals surface area contributed by atoms with Crippen LogP contribution in [0.4, 0.5) is 0 Å². The molecule has 25 heavy (non-hydrogen) atoms. The first-order valence-electron chi connectivity index (χ1n) is 8.79. The molecule has 1 aromatic heterocycles. The second-order valence-corrected chi connectivity index (χ2v) is 7.20. The molecule has 0 saturated heterocycles. The summed E-state index contributed by atoms with van der Waals surface area (Å²) in [5.74, 6) is 0.187. The van der Waals surface area contributed by atoms with Gasteiger partial charge in [0.1, 0.15) is 11.3 Å². The van der Waals surface area contributed by atoms with Crippen molar-refractivity contribution in [1.82, 2.24) is 10.6 Å². The Balaban J connectivity index is 2.95. The quantitative estimate of drug-likeness (QED) is 0.754. The van der Waals surface area contributed by atoms with E-state index in [1.807, 2.05) is 20.8 Å². The van der Waals surface area contributed by atoms with Crippen molar-refractivity contribution >= 4 is 11.8 Å². The van der Waals surface area contributed by atoms with Gasteiger partial charge in [-0.1, -0.05) is 20.3 Å². The van der Waals surface area contributed by atoms with Gasteiger partial charge in [-0.05, 0) is 45.2 Å². The lowest BCUT2D eigenvalue weighted by molar-refractivity contribution is -0.121. The zero-order valence-corrected chi connectivity index (χ0v) is 16.1. The molecular weight excluding hydrogens is 320 g/mol. The van der Waals surface area contributed by atoms with Crippen molar-refractivity contribution in [2.45, 2.75) is 71.8 Å². The molecule has 0 bridgehead atoms. The molecule has 6 nitrogen and oxygen atoms in total. The molecule has 0 fully saturated rings. The third-order valence-electron chi connectivity index (χ3n) is 4.31. The summed E-state index contributed by atoms with van der Waals surface area (Å²) >= 11 is 0. The molecule has 1 rings (SSSR count). The lowest BCUT2D eigenvalue weighted by Crippen LogP contribution is -2.45. The number of hydrogen-bond acceptors (Lipinski definition) is 4. The maximum Gasteiger partial charge on any atom is 0.349 e. The van der Waals surface area contributed by atoms with E-state index in [0.29, 0.717) is 24.2 Å². The Morgan fingerprint density at radius 1 is 1.32 bits per heavy atom. The van der Waals surface area contributed by atoms with Crippen molar-refractivity contribution < 1.29 is 14.0 Å². The highest BCUT2D eigenvalue weighted by molar-refractivity contribution is 5.95. The van der Waals surface area contributed by atoms with Crippen LogP contribution in [0.15, 0.2) is 15.3 Å². The molecule has 0 radical (unpaired) electrons. The van der Waals surface area contributed by atoms with Crippen LogP contribution < -0.4 is 16.3 Å². The molecule has 0 spiro atoms. The fourth-order valence-electron chi connectivity index (χ4n) is 2.71. The van der Waals surface area contributed by atoms with Crippen molar-refractivity contribution in [3.8, 4) is 0 Å². The van der Waals surface area contributed by atoms with Gasteiger partial charge < -0.3 is 15.1 Å². The standard InChI is InChI=1S/C19H30N2O4/c1-7-8-12(2)14-11-13(3)16(18(24)25-14)17(23)21-19(4,5)10-9-15(22)20-6/h11-12H,7-10H2,1-6H3,(H,20,22)(H,21,23). The van der Waals surface area contributed by atoms with Crippen LogP contribution in [0.5, 0.6) is 0 Å². The van der Waals surface area contributed by atoms with Crippen LogP contribution >= 0.6 is 0 Å². The molecule has 0 aliphatic heterocycles. The molecule has 0 aliphatic rings. The topological polar surface area (TPSA) is 88.4 Å². The number of hydrogen-bond donors (Lipinski definition) is 2. The van der Waals surface area contributed by atoms with Crippen LogP contribution in [0.1, 0.15) is 81.0 Å². The van der Waals surface area contributed by atoms with Crippen molar-refractivity contribution in [3.63, 3.8) is 0 Å². The normalized spacial score (nSPS) is 12.6. The summed E-state index contributed by atoms with van der Waals surface area (Å²) in [6, 6.07) is 1.77. The van der Waals surface area contributed by atoms with Gasteiger partial charge in [0.25, 0.3) is 5.91 Å². The highest BCUT2D eigenvalue weighted by atomic mass is 16.4. The van der Waals surface area contributed by atoms with Crippen LogP contribution in [-0.2, 0) is 4.79 Å². The SMILES string of the molecule is CCCC(C)c1cc(C)c(C(=O)NC(C)(C)CCC(=O)NC)c(=O)o1. The van der Waals surface area contributed by atoms with E-state index in [2.05, 4.69) is 17.6 Å². The van der Waals surface area contributed by atoms with E-state index in [0.717, 1.165) is 12.8 Å². The third kappa shape index (κ3) is 6.03. The van der Waals surface area contributed by atoms with Crippen molar-refractivity contribution in [3.05, 3.63) is 33.4 Å².